The van der Waals surface area contributed by atoms with Gasteiger partial charge in [0.25, 0.3) is 0 Å². The van der Waals surface area contributed by atoms with Gasteiger partial charge in [-0.05, 0) is 30.7 Å². The topological polar surface area (TPSA) is 37.8 Å². The van der Waals surface area contributed by atoms with Crippen LogP contribution in [0.25, 0.3) is 11.3 Å². The molecule has 1 aliphatic rings. The van der Waals surface area contributed by atoms with Crippen LogP contribution in [0.3, 0.4) is 0 Å². The van der Waals surface area contributed by atoms with Gasteiger partial charge in [0, 0.05) is 30.6 Å². The fourth-order valence-corrected chi connectivity index (χ4v) is 2.31. The average molecular weight is 243 g/mol. The van der Waals surface area contributed by atoms with E-state index >= 15 is 0 Å². The molecule has 0 fully saturated rings. The van der Waals surface area contributed by atoms with E-state index in [-0.39, 0.29) is 5.82 Å². The molecule has 18 heavy (non-hydrogen) atoms. The van der Waals surface area contributed by atoms with Crippen molar-refractivity contribution in [2.45, 2.75) is 19.9 Å². The van der Waals surface area contributed by atoms with E-state index in [1.807, 2.05) is 6.07 Å². The number of aryl methyl sites for hydroxylation is 1. The Hall–Kier alpha value is -1.81. The van der Waals surface area contributed by atoms with Gasteiger partial charge in [0.1, 0.15) is 12.1 Å². The van der Waals surface area contributed by atoms with Crippen LogP contribution >= 0.6 is 0 Å². The molecular formula is C14H14FN3. The first-order valence-electron chi connectivity index (χ1n) is 6.05. The molecule has 3 rings (SSSR count). The van der Waals surface area contributed by atoms with Crippen LogP contribution in [0.5, 0.6) is 0 Å². The Morgan fingerprint density at radius 1 is 1.28 bits per heavy atom. The minimum atomic E-state index is -0.181. The smallest absolute Gasteiger partial charge is 0.126 e. The number of rotatable bonds is 1. The lowest BCUT2D eigenvalue weighted by Gasteiger charge is -2.18. The van der Waals surface area contributed by atoms with E-state index in [2.05, 4.69) is 15.3 Å². The summed E-state index contributed by atoms with van der Waals surface area (Å²) in [6.45, 7) is 3.50. The first-order chi connectivity index (χ1) is 8.75. The third-order valence-corrected chi connectivity index (χ3v) is 3.31. The Bertz CT molecular complexity index is 596. The molecule has 0 amide bonds. The van der Waals surface area contributed by atoms with Crippen molar-refractivity contribution in [1.82, 2.24) is 15.3 Å². The summed E-state index contributed by atoms with van der Waals surface area (Å²) in [4.78, 5) is 8.68. The average Bonchev–Trinajstić information content (AvgIpc) is 2.41. The van der Waals surface area contributed by atoms with E-state index in [0.717, 1.165) is 42.0 Å². The Morgan fingerprint density at radius 3 is 3.00 bits per heavy atom. The molecule has 92 valence electrons. The molecule has 1 aromatic heterocycles. The summed E-state index contributed by atoms with van der Waals surface area (Å²) in [7, 11) is 0. The Morgan fingerprint density at radius 2 is 2.17 bits per heavy atom. The molecule has 0 atom stereocenters. The monoisotopic (exact) mass is 243 g/mol. The second kappa shape index (κ2) is 4.46. The Labute approximate surface area is 105 Å². The van der Waals surface area contributed by atoms with Gasteiger partial charge >= 0.3 is 0 Å². The summed E-state index contributed by atoms with van der Waals surface area (Å²) < 4.78 is 13.3. The molecule has 1 aliphatic heterocycles. The number of fused-ring (bicyclic) bond motifs is 1. The molecule has 0 unspecified atom stereocenters. The lowest BCUT2D eigenvalue weighted by Crippen LogP contribution is -2.25. The van der Waals surface area contributed by atoms with Crippen LogP contribution in [0.4, 0.5) is 4.39 Å². The predicted molar refractivity (Wildman–Crippen MR) is 67.6 cm³/mol. The predicted octanol–water partition coefficient (Wildman–Crippen LogP) is 2.24. The molecule has 0 bridgehead atoms. The van der Waals surface area contributed by atoms with E-state index in [0.29, 0.717) is 5.56 Å². The zero-order valence-electron chi connectivity index (χ0n) is 10.2. The van der Waals surface area contributed by atoms with Crippen molar-refractivity contribution in [3.63, 3.8) is 0 Å². The molecule has 1 N–H and O–H groups in total. The van der Waals surface area contributed by atoms with E-state index in [1.165, 1.54) is 6.07 Å². The third-order valence-electron chi connectivity index (χ3n) is 3.31. The molecule has 0 saturated heterocycles. The number of hydrogen-bond acceptors (Lipinski definition) is 3. The lowest BCUT2D eigenvalue weighted by atomic mass is 9.99. The van der Waals surface area contributed by atoms with Crippen LogP contribution in [-0.2, 0) is 13.0 Å². The van der Waals surface area contributed by atoms with Gasteiger partial charge in [-0.3, -0.25) is 0 Å². The maximum Gasteiger partial charge on any atom is 0.126 e. The fraction of sp³-hybridized carbons (Fsp3) is 0.286. The summed E-state index contributed by atoms with van der Waals surface area (Å²) in [5.74, 6) is -0.181. The van der Waals surface area contributed by atoms with Gasteiger partial charge in [-0.2, -0.15) is 0 Å². The molecular weight excluding hydrogens is 229 g/mol. The van der Waals surface area contributed by atoms with Crippen molar-refractivity contribution in [3.05, 3.63) is 47.2 Å². The van der Waals surface area contributed by atoms with E-state index < -0.39 is 0 Å². The van der Waals surface area contributed by atoms with E-state index in [1.54, 1.807) is 19.3 Å². The van der Waals surface area contributed by atoms with Gasteiger partial charge in [-0.15, -0.1) is 0 Å². The zero-order chi connectivity index (χ0) is 12.5. The highest BCUT2D eigenvalue weighted by molar-refractivity contribution is 5.64. The summed E-state index contributed by atoms with van der Waals surface area (Å²) in [6, 6.07) is 5.11. The Balaban J connectivity index is 2.13. The zero-order valence-corrected chi connectivity index (χ0v) is 10.2. The summed E-state index contributed by atoms with van der Waals surface area (Å²) in [6.07, 6.45) is 2.52. The van der Waals surface area contributed by atoms with Crippen LogP contribution in [0.1, 0.15) is 16.8 Å². The van der Waals surface area contributed by atoms with Crippen molar-refractivity contribution < 1.29 is 4.39 Å². The fourth-order valence-electron chi connectivity index (χ4n) is 2.31. The molecule has 2 aromatic rings. The van der Waals surface area contributed by atoms with E-state index in [4.69, 9.17) is 0 Å². The van der Waals surface area contributed by atoms with Crippen molar-refractivity contribution in [3.8, 4) is 11.3 Å². The standard InChI is InChI=1S/C14H14FN3/c1-9-6-10(2-3-12(9)15)14-11-7-16-5-4-13(11)17-8-18-14/h2-3,6,8,16H,4-5,7H2,1H3. The number of nitrogens with zero attached hydrogens (tertiary/aromatic N) is 2. The van der Waals surface area contributed by atoms with Crippen LogP contribution in [0.15, 0.2) is 24.5 Å². The Kier molecular flexibility index (Phi) is 2.80. The lowest BCUT2D eigenvalue weighted by molar-refractivity contribution is 0.618. The van der Waals surface area contributed by atoms with Crippen molar-refractivity contribution >= 4 is 0 Å². The number of aromatic nitrogens is 2. The highest BCUT2D eigenvalue weighted by atomic mass is 19.1. The number of halogens is 1. The van der Waals surface area contributed by atoms with Crippen molar-refractivity contribution in [2.75, 3.05) is 6.54 Å². The molecule has 0 aliphatic carbocycles. The summed E-state index contributed by atoms with van der Waals surface area (Å²) in [5.41, 5.74) is 4.74. The van der Waals surface area contributed by atoms with Crippen LogP contribution < -0.4 is 5.32 Å². The quantitative estimate of drug-likeness (QED) is 0.834. The molecule has 3 nitrogen and oxygen atoms in total. The van der Waals surface area contributed by atoms with Crippen LogP contribution in [0, 0.1) is 12.7 Å². The molecule has 0 spiro atoms. The van der Waals surface area contributed by atoms with Gasteiger partial charge in [0.15, 0.2) is 0 Å². The van der Waals surface area contributed by atoms with Crippen LogP contribution in [0.2, 0.25) is 0 Å². The minimum absolute atomic E-state index is 0.181. The van der Waals surface area contributed by atoms with E-state index in [9.17, 15) is 4.39 Å². The minimum Gasteiger partial charge on any atom is -0.312 e. The largest absolute Gasteiger partial charge is 0.312 e. The highest BCUT2D eigenvalue weighted by Gasteiger charge is 2.16. The van der Waals surface area contributed by atoms with Gasteiger partial charge < -0.3 is 5.32 Å². The summed E-state index contributed by atoms with van der Waals surface area (Å²) in [5, 5.41) is 3.32. The summed E-state index contributed by atoms with van der Waals surface area (Å²) >= 11 is 0. The molecule has 0 saturated carbocycles. The highest BCUT2D eigenvalue weighted by Crippen LogP contribution is 2.26. The first kappa shape index (κ1) is 11.3. The van der Waals surface area contributed by atoms with Gasteiger partial charge in [-0.1, -0.05) is 0 Å². The SMILES string of the molecule is Cc1cc(-c2ncnc3c2CNCC3)ccc1F. The number of nitrogens with one attached hydrogen (secondary N) is 1. The molecule has 0 radical (unpaired) electrons. The van der Waals surface area contributed by atoms with Crippen molar-refractivity contribution in [2.24, 2.45) is 0 Å². The first-order valence-corrected chi connectivity index (χ1v) is 6.05. The number of benzene rings is 1. The molecule has 4 heteroatoms. The van der Waals surface area contributed by atoms with Gasteiger partial charge in [-0.25, -0.2) is 14.4 Å². The normalized spacial score (nSPS) is 14.3. The van der Waals surface area contributed by atoms with Gasteiger partial charge in [0.2, 0.25) is 0 Å². The molecule has 1 aromatic carbocycles. The second-order valence-electron chi connectivity index (χ2n) is 4.54. The maximum atomic E-state index is 13.3. The van der Waals surface area contributed by atoms with Crippen molar-refractivity contribution in [1.29, 1.82) is 0 Å². The third kappa shape index (κ3) is 1.88. The number of hydrogen-bond donors (Lipinski definition) is 1. The maximum absolute atomic E-state index is 13.3. The second-order valence-corrected chi connectivity index (χ2v) is 4.54. The molecule has 2 heterocycles. The van der Waals surface area contributed by atoms with Gasteiger partial charge in [0.05, 0.1) is 11.4 Å². The van der Waals surface area contributed by atoms with Crippen LogP contribution in [-0.4, -0.2) is 16.5 Å².